The highest BCUT2D eigenvalue weighted by molar-refractivity contribution is 5.24. The third-order valence-electron chi connectivity index (χ3n) is 3.75. The van der Waals surface area contributed by atoms with Gasteiger partial charge in [0.15, 0.2) is 0 Å². The Morgan fingerprint density at radius 3 is 2.52 bits per heavy atom. The SMILES string of the molecule is CC(C)NCc1ccc(F)c(COCC(C)(C)N(C)C)c1. The van der Waals surface area contributed by atoms with E-state index in [9.17, 15) is 4.39 Å². The molecule has 0 aliphatic heterocycles. The van der Waals surface area contributed by atoms with E-state index in [1.165, 1.54) is 6.07 Å². The lowest BCUT2D eigenvalue weighted by molar-refractivity contribution is 0.0264. The van der Waals surface area contributed by atoms with Gasteiger partial charge in [0.25, 0.3) is 0 Å². The number of hydrogen-bond acceptors (Lipinski definition) is 3. The molecule has 1 aromatic carbocycles. The summed E-state index contributed by atoms with van der Waals surface area (Å²) in [6, 6.07) is 5.63. The molecule has 0 radical (unpaired) electrons. The van der Waals surface area contributed by atoms with Crippen molar-refractivity contribution >= 4 is 0 Å². The lowest BCUT2D eigenvalue weighted by Crippen LogP contribution is -2.42. The van der Waals surface area contributed by atoms with E-state index in [1.807, 2.05) is 26.2 Å². The molecule has 1 aromatic rings. The molecule has 120 valence electrons. The minimum atomic E-state index is -0.203. The Kier molecular flexibility index (Phi) is 6.78. The molecule has 0 aliphatic carbocycles. The fraction of sp³-hybridized carbons (Fsp3) is 0.647. The molecule has 0 aromatic heterocycles. The summed E-state index contributed by atoms with van der Waals surface area (Å²) in [4.78, 5) is 2.10. The van der Waals surface area contributed by atoms with Gasteiger partial charge in [0.05, 0.1) is 13.2 Å². The summed E-state index contributed by atoms with van der Waals surface area (Å²) in [5.74, 6) is -0.203. The molecule has 0 aliphatic rings. The number of hydrogen-bond donors (Lipinski definition) is 1. The number of likely N-dealkylation sites (N-methyl/N-ethyl adjacent to an activating group) is 1. The summed E-state index contributed by atoms with van der Waals surface area (Å²) in [6.45, 7) is 10.0. The van der Waals surface area contributed by atoms with E-state index in [0.717, 1.165) is 12.1 Å². The number of halogens is 1. The summed E-state index contributed by atoms with van der Waals surface area (Å²) in [5.41, 5.74) is 1.64. The van der Waals surface area contributed by atoms with Gasteiger partial charge in [0, 0.05) is 23.7 Å². The standard InChI is InChI=1S/C17H29FN2O/c1-13(2)19-10-14-7-8-16(18)15(9-14)11-21-12-17(3,4)20(5)6/h7-9,13,19H,10-12H2,1-6H3. The molecule has 21 heavy (non-hydrogen) atoms. The van der Waals surface area contributed by atoms with Gasteiger partial charge in [-0.05, 0) is 45.6 Å². The predicted octanol–water partition coefficient (Wildman–Crippen LogP) is 3.18. The van der Waals surface area contributed by atoms with E-state index in [1.54, 1.807) is 0 Å². The first-order chi connectivity index (χ1) is 9.72. The highest BCUT2D eigenvalue weighted by Gasteiger charge is 2.20. The van der Waals surface area contributed by atoms with Crippen LogP contribution in [0.5, 0.6) is 0 Å². The maximum absolute atomic E-state index is 13.8. The lowest BCUT2D eigenvalue weighted by Gasteiger charge is -2.32. The Bertz CT molecular complexity index is 444. The fourth-order valence-corrected chi connectivity index (χ4v) is 1.71. The zero-order chi connectivity index (χ0) is 16.0. The second kappa shape index (κ2) is 7.87. The van der Waals surface area contributed by atoms with Gasteiger partial charge in [0.1, 0.15) is 5.82 Å². The Balaban J connectivity index is 2.60. The maximum Gasteiger partial charge on any atom is 0.128 e. The summed E-state index contributed by atoms with van der Waals surface area (Å²) >= 11 is 0. The van der Waals surface area contributed by atoms with Crippen molar-refractivity contribution in [3.05, 3.63) is 35.1 Å². The van der Waals surface area contributed by atoms with Gasteiger partial charge >= 0.3 is 0 Å². The number of rotatable bonds is 8. The van der Waals surface area contributed by atoms with Crippen molar-refractivity contribution in [3.63, 3.8) is 0 Å². The first-order valence-corrected chi connectivity index (χ1v) is 7.48. The molecular weight excluding hydrogens is 267 g/mol. The molecular formula is C17H29FN2O. The zero-order valence-corrected chi connectivity index (χ0v) is 14.2. The van der Waals surface area contributed by atoms with Crippen LogP contribution in [-0.2, 0) is 17.9 Å². The molecule has 1 rings (SSSR count). The van der Waals surface area contributed by atoms with E-state index in [4.69, 9.17) is 4.74 Å². The fourth-order valence-electron chi connectivity index (χ4n) is 1.71. The van der Waals surface area contributed by atoms with Crippen LogP contribution in [0.25, 0.3) is 0 Å². The third-order valence-corrected chi connectivity index (χ3v) is 3.75. The Morgan fingerprint density at radius 2 is 1.95 bits per heavy atom. The first-order valence-electron chi connectivity index (χ1n) is 7.48. The molecule has 0 atom stereocenters. The van der Waals surface area contributed by atoms with Gasteiger partial charge in [-0.2, -0.15) is 0 Å². The zero-order valence-electron chi connectivity index (χ0n) is 14.2. The van der Waals surface area contributed by atoms with Crippen molar-refractivity contribution in [1.82, 2.24) is 10.2 Å². The summed E-state index contributed by atoms with van der Waals surface area (Å²) in [5, 5.41) is 3.33. The molecule has 0 heterocycles. The van der Waals surface area contributed by atoms with Crippen molar-refractivity contribution in [2.45, 2.75) is 52.4 Å². The maximum atomic E-state index is 13.8. The molecule has 3 nitrogen and oxygen atoms in total. The van der Waals surface area contributed by atoms with E-state index < -0.39 is 0 Å². The second-order valence-electron chi connectivity index (χ2n) is 6.66. The number of ether oxygens (including phenoxy) is 1. The van der Waals surface area contributed by atoms with E-state index in [0.29, 0.717) is 24.8 Å². The molecule has 0 unspecified atom stereocenters. The van der Waals surface area contributed by atoms with Gasteiger partial charge in [0.2, 0.25) is 0 Å². The molecule has 0 bridgehead atoms. The lowest BCUT2D eigenvalue weighted by atomic mass is 10.1. The van der Waals surface area contributed by atoms with Crippen LogP contribution in [0.3, 0.4) is 0 Å². The van der Waals surface area contributed by atoms with E-state index in [-0.39, 0.29) is 11.4 Å². The van der Waals surface area contributed by atoms with Crippen LogP contribution in [-0.4, -0.2) is 37.2 Å². The number of nitrogens with zero attached hydrogens (tertiary/aromatic N) is 1. The monoisotopic (exact) mass is 296 g/mol. The Morgan fingerprint density at radius 1 is 1.29 bits per heavy atom. The van der Waals surface area contributed by atoms with Gasteiger partial charge in [-0.3, -0.25) is 0 Å². The van der Waals surface area contributed by atoms with E-state index >= 15 is 0 Å². The van der Waals surface area contributed by atoms with Crippen LogP contribution in [0, 0.1) is 5.82 Å². The Labute approximate surface area is 128 Å². The summed E-state index contributed by atoms with van der Waals surface area (Å²) < 4.78 is 19.5. The van der Waals surface area contributed by atoms with Gasteiger partial charge in [-0.1, -0.05) is 19.9 Å². The van der Waals surface area contributed by atoms with Crippen LogP contribution in [0.15, 0.2) is 18.2 Å². The number of benzene rings is 1. The average Bonchev–Trinajstić information content (AvgIpc) is 2.38. The molecule has 0 fully saturated rings. The minimum Gasteiger partial charge on any atom is -0.375 e. The largest absolute Gasteiger partial charge is 0.375 e. The van der Waals surface area contributed by atoms with Crippen molar-refractivity contribution in [2.75, 3.05) is 20.7 Å². The molecule has 4 heteroatoms. The Hall–Kier alpha value is -0.970. The molecule has 0 spiro atoms. The third kappa shape index (κ3) is 6.12. The van der Waals surface area contributed by atoms with Crippen molar-refractivity contribution in [1.29, 1.82) is 0 Å². The topological polar surface area (TPSA) is 24.5 Å². The van der Waals surface area contributed by atoms with Crippen LogP contribution >= 0.6 is 0 Å². The summed E-state index contributed by atoms with van der Waals surface area (Å²) in [7, 11) is 4.03. The summed E-state index contributed by atoms with van der Waals surface area (Å²) in [6.07, 6.45) is 0. The van der Waals surface area contributed by atoms with Crippen LogP contribution in [0.2, 0.25) is 0 Å². The van der Waals surface area contributed by atoms with Crippen LogP contribution in [0.4, 0.5) is 4.39 Å². The second-order valence-corrected chi connectivity index (χ2v) is 6.66. The van der Waals surface area contributed by atoms with Crippen molar-refractivity contribution in [2.24, 2.45) is 0 Å². The molecule has 0 amide bonds. The normalized spacial score (nSPS) is 12.4. The smallest absolute Gasteiger partial charge is 0.128 e. The first kappa shape index (κ1) is 18.1. The van der Waals surface area contributed by atoms with Crippen LogP contribution < -0.4 is 5.32 Å². The minimum absolute atomic E-state index is 0.0622. The number of nitrogens with one attached hydrogen (secondary N) is 1. The molecule has 0 saturated carbocycles. The van der Waals surface area contributed by atoms with E-state index in [2.05, 4.69) is 37.9 Å². The van der Waals surface area contributed by atoms with Gasteiger partial charge in [-0.15, -0.1) is 0 Å². The highest BCUT2D eigenvalue weighted by Crippen LogP contribution is 2.15. The molecule has 0 saturated heterocycles. The van der Waals surface area contributed by atoms with Crippen LogP contribution in [0.1, 0.15) is 38.8 Å². The van der Waals surface area contributed by atoms with Crippen molar-refractivity contribution in [3.8, 4) is 0 Å². The van der Waals surface area contributed by atoms with Gasteiger partial charge < -0.3 is 15.0 Å². The average molecular weight is 296 g/mol. The predicted molar refractivity (Wildman–Crippen MR) is 85.8 cm³/mol. The van der Waals surface area contributed by atoms with Crippen molar-refractivity contribution < 1.29 is 9.13 Å². The molecule has 1 N–H and O–H groups in total. The highest BCUT2D eigenvalue weighted by atomic mass is 19.1. The van der Waals surface area contributed by atoms with Gasteiger partial charge in [-0.25, -0.2) is 4.39 Å². The quantitative estimate of drug-likeness (QED) is 0.797.